The number of aldehydes is 1. The maximum Gasteiger partial charge on any atom is 0.167 e. The first-order valence-corrected chi connectivity index (χ1v) is 7.13. The lowest BCUT2D eigenvalue weighted by atomic mass is 10.1. The van der Waals surface area contributed by atoms with E-state index in [0.717, 1.165) is 17.4 Å². The minimum absolute atomic E-state index is 0.221. The number of hydrogen-bond acceptors (Lipinski definition) is 2. The van der Waals surface area contributed by atoms with Crippen LogP contribution in [-0.4, -0.2) is 17.3 Å². The largest absolute Gasteiger partial charge is 0.491 e. The van der Waals surface area contributed by atoms with E-state index in [0.29, 0.717) is 23.4 Å². The molecule has 0 spiro atoms. The Bertz CT molecular complexity index is 852. The predicted octanol–water partition coefficient (Wildman–Crippen LogP) is 4.27. The van der Waals surface area contributed by atoms with Crippen molar-refractivity contribution in [3.05, 3.63) is 59.7 Å². The normalized spacial score (nSPS) is 10.9. The average Bonchev–Trinajstić information content (AvgIpc) is 2.87. The zero-order valence-electron chi connectivity index (χ0n) is 12.5. The van der Waals surface area contributed by atoms with Crippen molar-refractivity contribution in [2.45, 2.75) is 13.8 Å². The van der Waals surface area contributed by atoms with Crippen LogP contribution in [0.25, 0.3) is 16.6 Å². The predicted molar refractivity (Wildman–Crippen MR) is 84.1 cm³/mol. The molecule has 0 aliphatic carbocycles. The van der Waals surface area contributed by atoms with E-state index in [4.69, 9.17) is 4.74 Å². The van der Waals surface area contributed by atoms with Crippen LogP contribution in [0.1, 0.15) is 23.0 Å². The fourth-order valence-electron chi connectivity index (χ4n) is 2.59. The molecule has 0 radical (unpaired) electrons. The molecule has 2 aromatic heterocycles. The number of aromatic nitrogens is 1. The van der Waals surface area contributed by atoms with Gasteiger partial charge in [0.05, 0.1) is 12.3 Å². The van der Waals surface area contributed by atoms with Crippen LogP contribution >= 0.6 is 0 Å². The van der Waals surface area contributed by atoms with Gasteiger partial charge in [-0.1, -0.05) is 12.1 Å². The highest BCUT2D eigenvalue weighted by atomic mass is 19.1. The quantitative estimate of drug-likeness (QED) is 0.673. The van der Waals surface area contributed by atoms with Crippen molar-refractivity contribution < 1.29 is 13.9 Å². The van der Waals surface area contributed by atoms with Crippen molar-refractivity contribution >= 4 is 11.8 Å². The van der Waals surface area contributed by atoms with Gasteiger partial charge in [-0.15, -0.1) is 0 Å². The Morgan fingerprint density at radius 3 is 2.73 bits per heavy atom. The van der Waals surface area contributed by atoms with Crippen LogP contribution in [0.4, 0.5) is 4.39 Å². The van der Waals surface area contributed by atoms with Gasteiger partial charge in [0.1, 0.15) is 0 Å². The number of carbonyl (C=O) groups excluding carboxylic acids is 1. The Morgan fingerprint density at radius 2 is 2.05 bits per heavy atom. The highest BCUT2D eigenvalue weighted by Crippen LogP contribution is 2.30. The van der Waals surface area contributed by atoms with Crippen LogP contribution in [0.15, 0.2) is 42.6 Å². The molecular formula is C18H16FNO2. The number of ether oxygens (including phenoxy) is 1. The molecule has 0 unspecified atom stereocenters. The summed E-state index contributed by atoms with van der Waals surface area (Å²) in [7, 11) is 0. The van der Waals surface area contributed by atoms with Crippen molar-refractivity contribution in [1.82, 2.24) is 4.40 Å². The minimum atomic E-state index is -0.428. The Kier molecular flexibility index (Phi) is 3.67. The summed E-state index contributed by atoms with van der Waals surface area (Å²) < 4.78 is 21.1. The van der Waals surface area contributed by atoms with Crippen LogP contribution in [0.5, 0.6) is 5.75 Å². The molecular weight excluding hydrogens is 281 g/mol. The number of fused-ring (bicyclic) bond motifs is 1. The van der Waals surface area contributed by atoms with E-state index in [9.17, 15) is 9.18 Å². The second kappa shape index (κ2) is 5.64. The number of aryl methyl sites for hydroxylation is 1. The van der Waals surface area contributed by atoms with E-state index < -0.39 is 5.82 Å². The van der Waals surface area contributed by atoms with Gasteiger partial charge in [-0.3, -0.25) is 4.79 Å². The third-order valence-electron chi connectivity index (χ3n) is 3.61. The van der Waals surface area contributed by atoms with Crippen molar-refractivity contribution in [2.24, 2.45) is 0 Å². The molecule has 0 atom stereocenters. The Balaban J connectivity index is 2.17. The van der Waals surface area contributed by atoms with E-state index in [2.05, 4.69) is 0 Å². The van der Waals surface area contributed by atoms with Gasteiger partial charge in [0, 0.05) is 17.3 Å². The standard InChI is InChI=1S/C18H16FNO2/c1-3-22-18-7-5-13(8-16(18)19)15-9-14-6-4-12(2)10-20(14)17(15)11-21/h4-11H,3H2,1-2H3. The molecule has 3 aromatic rings. The monoisotopic (exact) mass is 297 g/mol. The maximum atomic E-state index is 14.1. The molecule has 0 N–H and O–H groups in total. The molecule has 0 saturated heterocycles. The van der Waals surface area contributed by atoms with Crippen LogP contribution in [0, 0.1) is 12.7 Å². The zero-order valence-corrected chi connectivity index (χ0v) is 12.5. The molecule has 2 heterocycles. The molecule has 4 heteroatoms. The summed E-state index contributed by atoms with van der Waals surface area (Å²) in [6.45, 7) is 4.18. The SMILES string of the molecule is CCOc1ccc(-c2cc3ccc(C)cn3c2C=O)cc1F. The highest BCUT2D eigenvalue weighted by Gasteiger charge is 2.13. The number of nitrogens with zero attached hydrogens (tertiary/aromatic N) is 1. The second-order valence-electron chi connectivity index (χ2n) is 5.14. The Hall–Kier alpha value is -2.62. The molecule has 22 heavy (non-hydrogen) atoms. The zero-order chi connectivity index (χ0) is 15.7. The summed E-state index contributed by atoms with van der Waals surface area (Å²) in [4.78, 5) is 11.5. The molecule has 0 amide bonds. The molecule has 112 valence electrons. The van der Waals surface area contributed by atoms with Crippen molar-refractivity contribution in [2.75, 3.05) is 6.61 Å². The van der Waals surface area contributed by atoms with E-state index >= 15 is 0 Å². The summed E-state index contributed by atoms with van der Waals surface area (Å²) >= 11 is 0. The molecule has 0 saturated carbocycles. The van der Waals surface area contributed by atoms with Crippen molar-refractivity contribution in [3.8, 4) is 16.9 Å². The molecule has 0 aliphatic rings. The van der Waals surface area contributed by atoms with E-state index in [1.807, 2.05) is 35.7 Å². The number of pyridine rings is 1. The molecule has 3 nitrogen and oxygen atoms in total. The van der Waals surface area contributed by atoms with Crippen LogP contribution in [0.3, 0.4) is 0 Å². The Labute approximate surface area is 128 Å². The van der Waals surface area contributed by atoms with E-state index in [-0.39, 0.29) is 5.75 Å². The third kappa shape index (κ3) is 2.37. The van der Waals surface area contributed by atoms with Crippen LogP contribution < -0.4 is 4.74 Å². The summed E-state index contributed by atoms with van der Waals surface area (Å²) in [6.07, 6.45) is 2.70. The fourth-order valence-corrected chi connectivity index (χ4v) is 2.59. The van der Waals surface area contributed by atoms with Gasteiger partial charge in [0.25, 0.3) is 0 Å². The third-order valence-corrected chi connectivity index (χ3v) is 3.61. The first kappa shape index (κ1) is 14.3. The summed E-state index contributed by atoms with van der Waals surface area (Å²) in [5.74, 6) is -0.207. The highest BCUT2D eigenvalue weighted by molar-refractivity contribution is 5.90. The van der Waals surface area contributed by atoms with Gasteiger partial charge in [-0.25, -0.2) is 4.39 Å². The van der Waals surface area contributed by atoms with Crippen LogP contribution in [-0.2, 0) is 0 Å². The molecule has 1 aromatic carbocycles. The lowest BCUT2D eigenvalue weighted by Gasteiger charge is -2.06. The summed E-state index contributed by atoms with van der Waals surface area (Å²) in [6, 6.07) is 10.6. The summed E-state index contributed by atoms with van der Waals surface area (Å²) in [5.41, 5.74) is 3.84. The molecule has 0 fully saturated rings. The number of benzene rings is 1. The number of hydrogen-bond donors (Lipinski definition) is 0. The maximum absolute atomic E-state index is 14.1. The van der Waals surface area contributed by atoms with Gasteiger partial charge in [0.15, 0.2) is 17.9 Å². The Morgan fingerprint density at radius 1 is 1.23 bits per heavy atom. The number of halogens is 1. The van der Waals surface area contributed by atoms with Crippen molar-refractivity contribution in [3.63, 3.8) is 0 Å². The van der Waals surface area contributed by atoms with Gasteiger partial charge >= 0.3 is 0 Å². The van der Waals surface area contributed by atoms with Crippen molar-refractivity contribution in [1.29, 1.82) is 0 Å². The topological polar surface area (TPSA) is 30.7 Å². The minimum Gasteiger partial charge on any atom is -0.491 e. The van der Waals surface area contributed by atoms with Crippen LogP contribution in [0.2, 0.25) is 0 Å². The molecule has 3 rings (SSSR count). The van der Waals surface area contributed by atoms with Gasteiger partial charge in [-0.05, 0) is 49.2 Å². The molecule has 0 bridgehead atoms. The molecule has 0 aliphatic heterocycles. The first-order chi connectivity index (χ1) is 10.6. The van der Waals surface area contributed by atoms with E-state index in [1.165, 1.54) is 6.07 Å². The fraction of sp³-hybridized carbons (Fsp3) is 0.167. The van der Waals surface area contributed by atoms with Gasteiger partial charge in [0.2, 0.25) is 0 Å². The van der Waals surface area contributed by atoms with Gasteiger partial charge < -0.3 is 9.14 Å². The van der Waals surface area contributed by atoms with E-state index in [1.54, 1.807) is 19.1 Å². The summed E-state index contributed by atoms with van der Waals surface area (Å²) in [5, 5.41) is 0. The number of rotatable bonds is 4. The number of carbonyl (C=O) groups is 1. The lowest BCUT2D eigenvalue weighted by Crippen LogP contribution is -1.96. The lowest BCUT2D eigenvalue weighted by molar-refractivity contribution is 0.111. The first-order valence-electron chi connectivity index (χ1n) is 7.13. The second-order valence-corrected chi connectivity index (χ2v) is 5.14. The smallest absolute Gasteiger partial charge is 0.167 e. The van der Waals surface area contributed by atoms with Gasteiger partial charge in [-0.2, -0.15) is 0 Å². The average molecular weight is 297 g/mol.